The van der Waals surface area contributed by atoms with Crippen LogP contribution in [0.25, 0.3) is 0 Å². The molecule has 0 aromatic heterocycles. The molecule has 0 saturated heterocycles. The molecule has 4 amide bonds. The number of carboxylic acids is 2. The van der Waals surface area contributed by atoms with E-state index in [0.29, 0.717) is 5.56 Å². The van der Waals surface area contributed by atoms with Crippen molar-refractivity contribution in [2.75, 3.05) is 0 Å². The number of nitrogens with two attached hydrogens (primary N) is 2. The van der Waals surface area contributed by atoms with E-state index in [-0.39, 0.29) is 19.3 Å². The summed E-state index contributed by atoms with van der Waals surface area (Å²) in [7, 11) is 0. The number of carbonyl (C=O) groups is 6. The summed E-state index contributed by atoms with van der Waals surface area (Å²) < 4.78 is 0. The third kappa shape index (κ3) is 10.1. The number of benzene rings is 1. The molecule has 1 aromatic carbocycles. The van der Waals surface area contributed by atoms with Crippen molar-refractivity contribution in [2.45, 2.75) is 56.8 Å². The first-order valence-corrected chi connectivity index (χ1v) is 10.3. The number of aliphatic carboxylic acids is 2. The smallest absolute Gasteiger partial charge is 0.326 e. The summed E-state index contributed by atoms with van der Waals surface area (Å²) in [6, 6.07) is 3.31. The molecule has 4 atom stereocenters. The highest BCUT2D eigenvalue weighted by molar-refractivity contribution is 5.94. The van der Waals surface area contributed by atoms with Gasteiger partial charge in [0, 0.05) is 12.8 Å². The van der Waals surface area contributed by atoms with Crippen LogP contribution in [0.2, 0.25) is 0 Å². The molecule has 4 unspecified atom stereocenters. The van der Waals surface area contributed by atoms with Crippen molar-refractivity contribution < 1.29 is 39.0 Å². The lowest BCUT2D eigenvalue weighted by Gasteiger charge is -2.23. The van der Waals surface area contributed by atoms with Crippen molar-refractivity contribution in [3.63, 3.8) is 0 Å². The van der Waals surface area contributed by atoms with Gasteiger partial charge in [0.25, 0.3) is 0 Å². The first kappa shape index (κ1) is 28.0. The Balaban J connectivity index is 2.91. The van der Waals surface area contributed by atoms with Crippen LogP contribution in [0.1, 0.15) is 31.7 Å². The van der Waals surface area contributed by atoms with E-state index in [1.807, 2.05) is 0 Å². The number of hydrogen-bond donors (Lipinski definition) is 7. The van der Waals surface area contributed by atoms with Gasteiger partial charge in [0.1, 0.15) is 18.1 Å². The fourth-order valence-electron chi connectivity index (χ4n) is 2.82. The lowest BCUT2D eigenvalue weighted by Crippen LogP contribution is -2.57. The Morgan fingerprint density at radius 3 is 2.00 bits per heavy atom. The monoisotopic (exact) mass is 479 g/mol. The second-order valence-corrected chi connectivity index (χ2v) is 7.59. The standard InChI is InChI=1S/C21H29N5O8/c1-11(24-19(31)13(22)7-8-16(23)27)18(30)25-14(9-12-5-3-2-4-6-12)20(32)26-15(21(33)34)10-17(28)29/h2-6,11,13-15H,7-10,22H2,1H3,(H2,23,27)(H,24,31)(H,25,30)(H,26,32)(H,28,29)(H,33,34). The topological polar surface area (TPSA) is 231 Å². The molecule has 9 N–H and O–H groups in total. The van der Waals surface area contributed by atoms with Crippen molar-refractivity contribution in [1.82, 2.24) is 16.0 Å². The number of carboxylic acid groups (broad SMARTS) is 2. The minimum Gasteiger partial charge on any atom is -0.481 e. The zero-order valence-corrected chi connectivity index (χ0v) is 18.5. The number of hydrogen-bond acceptors (Lipinski definition) is 7. The van der Waals surface area contributed by atoms with Gasteiger partial charge in [0.05, 0.1) is 12.5 Å². The number of nitrogens with one attached hydrogen (secondary N) is 3. The van der Waals surface area contributed by atoms with Gasteiger partial charge in [-0.05, 0) is 18.9 Å². The molecule has 0 bridgehead atoms. The van der Waals surface area contributed by atoms with Crippen LogP contribution in [-0.2, 0) is 35.2 Å². The Morgan fingerprint density at radius 1 is 0.882 bits per heavy atom. The van der Waals surface area contributed by atoms with Crippen molar-refractivity contribution in [1.29, 1.82) is 0 Å². The molecule has 13 nitrogen and oxygen atoms in total. The molecule has 0 heterocycles. The average molecular weight is 479 g/mol. The Hall–Kier alpha value is -4.00. The Morgan fingerprint density at radius 2 is 1.47 bits per heavy atom. The van der Waals surface area contributed by atoms with E-state index in [0.717, 1.165) is 0 Å². The van der Waals surface area contributed by atoms with Crippen LogP contribution >= 0.6 is 0 Å². The van der Waals surface area contributed by atoms with Gasteiger partial charge in [-0.25, -0.2) is 4.79 Å². The lowest BCUT2D eigenvalue weighted by atomic mass is 10.0. The van der Waals surface area contributed by atoms with Gasteiger partial charge in [0.15, 0.2) is 0 Å². The lowest BCUT2D eigenvalue weighted by molar-refractivity contribution is -0.147. The molecule has 13 heteroatoms. The van der Waals surface area contributed by atoms with E-state index in [9.17, 15) is 33.9 Å². The van der Waals surface area contributed by atoms with E-state index >= 15 is 0 Å². The predicted molar refractivity (Wildman–Crippen MR) is 118 cm³/mol. The molecule has 0 aliphatic carbocycles. The summed E-state index contributed by atoms with van der Waals surface area (Å²) in [4.78, 5) is 70.6. The predicted octanol–water partition coefficient (Wildman–Crippen LogP) is -2.14. The van der Waals surface area contributed by atoms with Gasteiger partial charge in [-0.1, -0.05) is 30.3 Å². The maximum atomic E-state index is 12.7. The molecular formula is C21H29N5O8. The van der Waals surface area contributed by atoms with Gasteiger partial charge in [0.2, 0.25) is 23.6 Å². The Bertz CT molecular complexity index is 908. The Kier molecular flexibility index (Phi) is 11.2. The van der Waals surface area contributed by atoms with Crippen LogP contribution in [-0.4, -0.2) is 69.9 Å². The van der Waals surface area contributed by atoms with Gasteiger partial charge in [-0.2, -0.15) is 0 Å². The highest BCUT2D eigenvalue weighted by Gasteiger charge is 2.30. The van der Waals surface area contributed by atoms with Crippen LogP contribution in [0, 0.1) is 0 Å². The first-order chi connectivity index (χ1) is 15.9. The zero-order chi connectivity index (χ0) is 25.8. The summed E-state index contributed by atoms with van der Waals surface area (Å²) >= 11 is 0. The molecule has 0 aliphatic rings. The SMILES string of the molecule is CC(NC(=O)C(N)CCC(N)=O)C(=O)NC(Cc1ccccc1)C(=O)NC(CC(=O)O)C(=O)O. The zero-order valence-electron chi connectivity index (χ0n) is 18.5. The van der Waals surface area contributed by atoms with E-state index in [2.05, 4.69) is 16.0 Å². The minimum absolute atomic E-state index is 0.0191. The number of carbonyl (C=O) groups excluding carboxylic acids is 4. The largest absolute Gasteiger partial charge is 0.481 e. The quantitative estimate of drug-likeness (QED) is 0.154. The van der Waals surface area contributed by atoms with Crippen molar-refractivity contribution in [3.05, 3.63) is 35.9 Å². The van der Waals surface area contributed by atoms with Gasteiger partial charge in [-0.3, -0.25) is 24.0 Å². The molecule has 1 rings (SSSR count). The minimum atomic E-state index is -1.71. The summed E-state index contributed by atoms with van der Waals surface area (Å²) in [6.45, 7) is 1.34. The first-order valence-electron chi connectivity index (χ1n) is 10.3. The normalized spacial score (nSPS) is 14.1. The van der Waals surface area contributed by atoms with E-state index < -0.39 is 66.2 Å². The van der Waals surface area contributed by atoms with Crippen LogP contribution in [0.15, 0.2) is 30.3 Å². The van der Waals surface area contributed by atoms with Gasteiger partial charge in [-0.15, -0.1) is 0 Å². The summed E-state index contributed by atoms with van der Waals surface area (Å²) in [5, 5.41) is 25.0. The van der Waals surface area contributed by atoms with Crippen molar-refractivity contribution in [3.8, 4) is 0 Å². The molecule has 1 aromatic rings. The maximum Gasteiger partial charge on any atom is 0.326 e. The van der Waals surface area contributed by atoms with Crippen molar-refractivity contribution in [2.24, 2.45) is 11.5 Å². The Labute approximate surface area is 195 Å². The molecule has 0 spiro atoms. The van der Waals surface area contributed by atoms with E-state index in [1.54, 1.807) is 30.3 Å². The van der Waals surface area contributed by atoms with Crippen molar-refractivity contribution >= 4 is 35.6 Å². The highest BCUT2D eigenvalue weighted by Crippen LogP contribution is 2.06. The molecular weight excluding hydrogens is 450 g/mol. The average Bonchev–Trinajstić information content (AvgIpc) is 2.76. The van der Waals surface area contributed by atoms with Gasteiger partial charge >= 0.3 is 11.9 Å². The highest BCUT2D eigenvalue weighted by atomic mass is 16.4. The summed E-state index contributed by atoms with van der Waals surface area (Å²) in [5.41, 5.74) is 11.3. The molecule has 0 saturated carbocycles. The maximum absolute atomic E-state index is 12.7. The van der Waals surface area contributed by atoms with Crippen LogP contribution in [0.3, 0.4) is 0 Å². The molecule has 34 heavy (non-hydrogen) atoms. The fourth-order valence-corrected chi connectivity index (χ4v) is 2.82. The number of rotatable bonds is 14. The van der Waals surface area contributed by atoms with E-state index in [4.69, 9.17) is 16.6 Å². The third-order valence-corrected chi connectivity index (χ3v) is 4.70. The molecule has 186 valence electrons. The van der Waals surface area contributed by atoms with Gasteiger partial charge < -0.3 is 37.6 Å². The number of primary amides is 1. The van der Waals surface area contributed by atoms with Crippen LogP contribution < -0.4 is 27.4 Å². The van der Waals surface area contributed by atoms with E-state index in [1.165, 1.54) is 6.92 Å². The van der Waals surface area contributed by atoms with Crippen LogP contribution in [0.4, 0.5) is 0 Å². The molecule has 0 fully saturated rings. The summed E-state index contributed by atoms with van der Waals surface area (Å²) in [6.07, 6.45) is -1.02. The molecule has 0 radical (unpaired) electrons. The number of amides is 4. The third-order valence-electron chi connectivity index (χ3n) is 4.70. The second-order valence-electron chi connectivity index (χ2n) is 7.59. The van der Waals surface area contributed by atoms with Crippen LogP contribution in [0.5, 0.6) is 0 Å². The fraction of sp³-hybridized carbons (Fsp3) is 0.429. The molecule has 0 aliphatic heterocycles. The second kappa shape index (κ2) is 13.5. The summed E-state index contributed by atoms with van der Waals surface area (Å²) in [5.74, 6) is -6.00.